The maximum absolute atomic E-state index is 11.2. The van der Waals surface area contributed by atoms with E-state index in [1.807, 2.05) is 0 Å². The highest BCUT2D eigenvalue weighted by Crippen LogP contribution is 2.26. The lowest BCUT2D eigenvalue weighted by Gasteiger charge is -2.12. The molecule has 1 aromatic carbocycles. The number of carbonyl (C=O) groups excluding carboxylic acids is 1. The zero-order chi connectivity index (χ0) is 13.9. The predicted molar refractivity (Wildman–Crippen MR) is 66.9 cm³/mol. The highest BCUT2D eigenvalue weighted by molar-refractivity contribution is 7.89. The summed E-state index contributed by atoms with van der Waals surface area (Å²) in [5.74, 6) is 0.232. The van der Waals surface area contributed by atoms with Gasteiger partial charge in [-0.3, -0.25) is 4.79 Å². The summed E-state index contributed by atoms with van der Waals surface area (Å²) in [5.41, 5.74) is 1.23. The lowest BCUT2D eigenvalue weighted by Crippen LogP contribution is -2.25. The Morgan fingerprint density at radius 3 is 2.22 bits per heavy atom. The van der Waals surface area contributed by atoms with Gasteiger partial charge in [0.2, 0.25) is 10.0 Å². The zero-order valence-corrected chi connectivity index (χ0v) is 11.3. The first kappa shape index (κ1) is 14.5. The van der Waals surface area contributed by atoms with Gasteiger partial charge in [-0.1, -0.05) is 0 Å². The minimum atomic E-state index is -3.74. The minimum absolute atomic E-state index is 0.0322. The Hall–Kier alpha value is -1.60. The zero-order valence-electron chi connectivity index (χ0n) is 10.5. The summed E-state index contributed by atoms with van der Waals surface area (Å²) >= 11 is 0. The molecular weight excluding hydrogens is 256 g/mol. The van der Waals surface area contributed by atoms with Crippen LogP contribution in [0, 0.1) is 13.8 Å². The Labute approximate surface area is 106 Å². The van der Waals surface area contributed by atoms with Crippen molar-refractivity contribution in [2.75, 3.05) is 13.7 Å². The second-order valence-corrected chi connectivity index (χ2v) is 5.45. The SMILES string of the molecule is CNC(=O)COc1c(C)cc(S(N)(=O)=O)cc1C. The molecule has 3 N–H and O–H groups in total. The van der Waals surface area contributed by atoms with Gasteiger partial charge in [-0.05, 0) is 37.1 Å². The number of nitrogens with one attached hydrogen (secondary N) is 1. The molecule has 0 atom stereocenters. The lowest BCUT2D eigenvalue weighted by atomic mass is 10.1. The van der Waals surface area contributed by atoms with E-state index in [1.165, 1.54) is 19.2 Å². The van der Waals surface area contributed by atoms with Crippen molar-refractivity contribution in [3.05, 3.63) is 23.3 Å². The summed E-state index contributed by atoms with van der Waals surface area (Å²) in [7, 11) is -2.23. The van der Waals surface area contributed by atoms with Crippen LogP contribution in [-0.4, -0.2) is 28.0 Å². The number of benzene rings is 1. The van der Waals surface area contributed by atoms with Crippen LogP contribution < -0.4 is 15.2 Å². The van der Waals surface area contributed by atoms with Crippen molar-refractivity contribution in [3.63, 3.8) is 0 Å². The van der Waals surface area contributed by atoms with Crippen LogP contribution in [0.15, 0.2) is 17.0 Å². The number of aryl methyl sites for hydroxylation is 2. The molecular formula is C11H16N2O4S. The third kappa shape index (κ3) is 3.44. The molecule has 0 unspecified atom stereocenters. The van der Waals surface area contributed by atoms with E-state index in [4.69, 9.17) is 9.88 Å². The minimum Gasteiger partial charge on any atom is -0.483 e. The van der Waals surface area contributed by atoms with Gasteiger partial charge in [0.1, 0.15) is 5.75 Å². The van der Waals surface area contributed by atoms with Crippen molar-refractivity contribution in [1.29, 1.82) is 0 Å². The van der Waals surface area contributed by atoms with Crippen molar-refractivity contribution in [1.82, 2.24) is 5.32 Å². The third-order valence-electron chi connectivity index (χ3n) is 2.39. The molecule has 0 saturated carbocycles. The summed E-state index contributed by atoms with van der Waals surface area (Å²) in [6.07, 6.45) is 0. The number of sulfonamides is 1. The van der Waals surface area contributed by atoms with Gasteiger partial charge in [-0.25, -0.2) is 13.6 Å². The summed E-state index contributed by atoms with van der Waals surface area (Å²) < 4.78 is 27.8. The van der Waals surface area contributed by atoms with Gasteiger partial charge in [-0.15, -0.1) is 0 Å². The fourth-order valence-electron chi connectivity index (χ4n) is 1.51. The molecule has 7 heteroatoms. The number of ether oxygens (including phenoxy) is 1. The van der Waals surface area contributed by atoms with E-state index in [2.05, 4.69) is 5.32 Å². The molecule has 18 heavy (non-hydrogen) atoms. The van der Waals surface area contributed by atoms with Gasteiger partial charge in [-0.2, -0.15) is 0 Å². The molecule has 0 radical (unpaired) electrons. The smallest absolute Gasteiger partial charge is 0.257 e. The summed E-state index contributed by atoms with van der Waals surface area (Å²) in [6.45, 7) is 3.27. The number of hydrogen-bond donors (Lipinski definition) is 2. The maximum Gasteiger partial charge on any atom is 0.257 e. The van der Waals surface area contributed by atoms with Gasteiger partial charge in [0.15, 0.2) is 6.61 Å². The van der Waals surface area contributed by atoms with Crippen LogP contribution in [0.2, 0.25) is 0 Å². The Balaban J connectivity index is 3.06. The fourth-order valence-corrected chi connectivity index (χ4v) is 2.19. The van der Waals surface area contributed by atoms with Crippen molar-refractivity contribution >= 4 is 15.9 Å². The number of rotatable bonds is 4. The number of likely N-dealkylation sites (N-methyl/N-ethyl adjacent to an activating group) is 1. The highest BCUT2D eigenvalue weighted by Gasteiger charge is 2.14. The lowest BCUT2D eigenvalue weighted by molar-refractivity contribution is -0.122. The van der Waals surface area contributed by atoms with E-state index in [9.17, 15) is 13.2 Å². The van der Waals surface area contributed by atoms with E-state index in [-0.39, 0.29) is 17.4 Å². The molecule has 0 fully saturated rings. The van der Waals surface area contributed by atoms with Gasteiger partial charge in [0, 0.05) is 7.05 Å². The topological polar surface area (TPSA) is 98.5 Å². The number of carbonyl (C=O) groups is 1. The van der Waals surface area contributed by atoms with Gasteiger partial charge in [0.25, 0.3) is 5.91 Å². The van der Waals surface area contributed by atoms with Crippen LogP contribution >= 0.6 is 0 Å². The first-order valence-electron chi connectivity index (χ1n) is 5.23. The normalized spacial score (nSPS) is 11.1. The largest absolute Gasteiger partial charge is 0.483 e. The number of hydrogen-bond acceptors (Lipinski definition) is 4. The highest BCUT2D eigenvalue weighted by atomic mass is 32.2. The molecule has 0 heterocycles. The quantitative estimate of drug-likeness (QED) is 0.810. The van der Waals surface area contributed by atoms with Crippen LogP contribution in [-0.2, 0) is 14.8 Å². The average Bonchev–Trinajstić information content (AvgIpc) is 2.26. The average molecular weight is 272 g/mol. The molecule has 0 saturated heterocycles. The molecule has 1 amide bonds. The van der Waals surface area contributed by atoms with Gasteiger partial charge >= 0.3 is 0 Å². The standard InChI is InChI=1S/C11H16N2O4S/c1-7-4-9(18(12,15)16)5-8(2)11(7)17-6-10(14)13-3/h4-5H,6H2,1-3H3,(H,13,14)(H2,12,15,16). The monoisotopic (exact) mass is 272 g/mol. The van der Waals surface area contributed by atoms with E-state index in [0.29, 0.717) is 16.9 Å². The molecule has 0 spiro atoms. The number of amides is 1. The van der Waals surface area contributed by atoms with E-state index >= 15 is 0 Å². The molecule has 1 aromatic rings. The van der Waals surface area contributed by atoms with E-state index < -0.39 is 10.0 Å². The molecule has 1 rings (SSSR count). The second-order valence-electron chi connectivity index (χ2n) is 3.89. The van der Waals surface area contributed by atoms with Gasteiger partial charge < -0.3 is 10.1 Å². The van der Waals surface area contributed by atoms with Crippen molar-refractivity contribution < 1.29 is 17.9 Å². The van der Waals surface area contributed by atoms with Gasteiger partial charge in [0.05, 0.1) is 4.90 Å². The molecule has 0 aliphatic heterocycles. The first-order chi connectivity index (χ1) is 8.25. The molecule has 100 valence electrons. The van der Waals surface area contributed by atoms with Crippen molar-refractivity contribution in [2.24, 2.45) is 5.14 Å². The summed E-state index contributed by atoms with van der Waals surface area (Å²) in [6, 6.07) is 2.84. The predicted octanol–water partition coefficient (Wildman–Crippen LogP) is 0.0756. The van der Waals surface area contributed by atoms with Crippen LogP contribution in [0.5, 0.6) is 5.75 Å². The molecule has 0 aromatic heterocycles. The molecule has 0 bridgehead atoms. The second kappa shape index (κ2) is 5.36. The molecule has 0 aliphatic rings. The maximum atomic E-state index is 11.2. The summed E-state index contributed by atoms with van der Waals surface area (Å²) in [5, 5.41) is 7.49. The number of nitrogens with two attached hydrogens (primary N) is 1. The van der Waals surface area contributed by atoms with Crippen LogP contribution in [0.25, 0.3) is 0 Å². The third-order valence-corrected chi connectivity index (χ3v) is 3.28. The van der Waals surface area contributed by atoms with Crippen LogP contribution in [0.3, 0.4) is 0 Å². The van der Waals surface area contributed by atoms with Crippen LogP contribution in [0.4, 0.5) is 0 Å². The van der Waals surface area contributed by atoms with Crippen LogP contribution in [0.1, 0.15) is 11.1 Å². The Morgan fingerprint density at radius 2 is 1.83 bits per heavy atom. The van der Waals surface area contributed by atoms with E-state index in [0.717, 1.165) is 0 Å². The van der Waals surface area contributed by atoms with Crippen molar-refractivity contribution in [3.8, 4) is 5.75 Å². The Kier molecular flexibility index (Phi) is 4.31. The Bertz CT molecular complexity index is 543. The summed E-state index contributed by atoms with van der Waals surface area (Å²) in [4.78, 5) is 11.1. The van der Waals surface area contributed by atoms with Crippen molar-refractivity contribution in [2.45, 2.75) is 18.7 Å². The first-order valence-corrected chi connectivity index (χ1v) is 6.77. The Morgan fingerprint density at radius 1 is 1.33 bits per heavy atom. The molecule has 6 nitrogen and oxygen atoms in total. The molecule has 0 aliphatic carbocycles. The fraction of sp³-hybridized carbons (Fsp3) is 0.364. The number of primary sulfonamides is 1. The van der Waals surface area contributed by atoms with E-state index in [1.54, 1.807) is 13.8 Å².